The molecule has 1 aromatic carbocycles. The molecule has 0 spiro atoms. The van der Waals surface area contributed by atoms with Gasteiger partial charge in [-0.2, -0.15) is 0 Å². The molecule has 1 aromatic heterocycles. The lowest BCUT2D eigenvalue weighted by atomic mass is 10.2. The van der Waals surface area contributed by atoms with Gasteiger partial charge in [-0.15, -0.1) is 0 Å². The topological polar surface area (TPSA) is 89.3 Å². The Balaban J connectivity index is 2.02. The van der Waals surface area contributed by atoms with Gasteiger partial charge in [0.2, 0.25) is 0 Å². The number of hydrogen-bond acceptors (Lipinski definition) is 5. The van der Waals surface area contributed by atoms with E-state index in [1.807, 2.05) is 0 Å². The van der Waals surface area contributed by atoms with Gasteiger partial charge in [-0.1, -0.05) is 12.1 Å². The molecule has 6 nitrogen and oxygen atoms in total. The first-order valence-electron chi connectivity index (χ1n) is 7.48. The van der Waals surface area contributed by atoms with E-state index in [2.05, 4.69) is 15.6 Å². The second kappa shape index (κ2) is 7.16. The van der Waals surface area contributed by atoms with Gasteiger partial charge in [-0.25, -0.2) is 14.2 Å². The van der Waals surface area contributed by atoms with Crippen molar-refractivity contribution in [3.8, 4) is 0 Å². The highest BCUT2D eigenvalue weighted by molar-refractivity contribution is 5.87. The van der Waals surface area contributed by atoms with Crippen LogP contribution < -0.4 is 16.4 Å². The first-order valence-corrected chi connectivity index (χ1v) is 7.48. The van der Waals surface area contributed by atoms with Crippen molar-refractivity contribution in [2.75, 3.05) is 16.4 Å². The molecule has 0 aliphatic rings. The zero-order valence-electron chi connectivity index (χ0n) is 13.9. The van der Waals surface area contributed by atoms with Gasteiger partial charge in [-0.05, 0) is 50.6 Å². The number of hydrogen-bond donors (Lipinski definition) is 3. The summed E-state index contributed by atoms with van der Waals surface area (Å²) in [5.74, 6) is 0.459. The molecule has 1 heterocycles. The number of pyridine rings is 1. The highest BCUT2D eigenvalue weighted by Crippen LogP contribution is 2.20. The van der Waals surface area contributed by atoms with E-state index in [4.69, 9.17) is 10.5 Å². The Hall–Kier alpha value is -2.83. The van der Waals surface area contributed by atoms with Crippen molar-refractivity contribution >= 4 is 23.4 Å². The van der Waals surface area contributed by atoms with E-state index < -0.39 is 11.7 Å². The number of benzene rings is 1. The number of nitrogens with one attached hydrogen (secondary N) is 2. The molecule has 0 saturated heterocycles. The Morgan fingerprint density at radius 3 is 2.50 bits per heavy atom. The Labute approximate surface area is 140 Å². The monoisotopic (exact) mass is 332 g/mol. The van der Waals surface area contributed by atoms with Crippen LogP contribution in [0.1, 0.15) is 26.3 Å². The summed E-state index contributed by atoms with van der Waals surface area (Å²) in [7, 11) is 0. The number of nitrogen functional groups attached to an aromatic ring is 1. The van der Waals surface area contributed by atoms with Gasteiger partial charge < -0.3 is 15.8 Å². The van der Waals surface area contributed by atoms with Gasteiger partial charge in [0.25, 0.3) is 0 Å². The van der Waals surface area contributed by atoms with Crippen molar-refractivity contribution in [3.63, 3.8) is 0 Å². The largest absolute Gasteiger partial charge is 0.444 e. The normalized spacial score (nSPS) is 11.0. The van der Waals surface area contributed by atoms with E-state index in [0.29, 0.717) is 18.1 Å². The molecular formula is C17H21FN4O2. The molecule has 24 heavy (non-hydrogen) atoms. The van der Waals surface area contributed by atoms with Crippen LogP contribution in [0, 0.1) is 5.82 Å². The van der Waals surface area contributed by atoms with Gasteiger partial charge in [-0.3, -0.25) is 5.32 Å². The molecule has 0 fully saturated rings. The second-order valence-corrected chi connectivity index (χ2v) is 6.24. The number of amides is 1. The standard InChI is InChI=1S/C17H21FN4O2/c1-17(2,3)24-16(23)22-15-13(19)8-9-14(21-15)20-10-11-4-6-12(18)7-5-11/h4-9H,10,19H2,1-3H3,(H2,20,21,22,23). The van der Waals surface area contributed by atoms with Crippen LogP contribution >= 0.6 is 0 Å². The molecule has 2 rings (SSSR count). The predicted octanol–water partition coefficient (Wildman–Crippen LogP) is 3.76. The molecule has 0 atom stereocenters. The number of anilines is 3. The number of aromatic nitrogens is 1. The van der Waals surface area contributed by atoms with Crippen LogP contribution in [0.3, 0.4) is 0 Å². The lowest BCUT2D eigenvalue weighted by molar-refractivity contribution is 0.0635. The Bertz CT molecular complexity index is 712. The van der Waals surface area contributed by atoms with Crippen molar-refractivity contribution in [2.45, 2.75) is 32.9 Å². The van der Waals surface area contributed by atoms with Gasteiger partial charge >= 0.3 is 6.09 Å². The number of ether oxygens (including phenoxy) is 1. The highest BCUT2D eigenvalue weighted by Gasteiger charge is 2.17. The average Bonchev–Trinajstić information content (AvgIpc) is 2.48. The van der Waals surface area contributed by atoms with Crippen molar-refractivity contribution in [3.05, 3.63) is 47.8 Å². The first kappa shape index (κ1) is 17.5. The van der Waals surface area contributed by atoms with Gasteiger partial charge in [0, 0.05) is 6.54 Å². The Kier molecular flexibility index (Phi) is 5.23. The second-order valence-electron chi connectivity index (χ2n) is 6.24. The molecule has 4 N–H and O–H groups in total. The van der Waals surface area contributed by atoms with Crippen molar-refractivity contribution in [1.29, 1.82) is 0 Å². The van der Waals surface area contributed by atoms with Gasteiger partial charge in [0.15, 0.2) is 5.82 Å². The van der Waals surface area contributed by atoms with Crippen molar-refractivity contribution in [1.82, 2.24) is 4.98 Å². The number of nitrogens with zero attached hydrogens (tertiary/aromatic N) is 1. The van der Waals surface area contributed by atoms with Crippen LogP contribution in [-0.4, -0.2) is 16.7 Å². The minimum Gasteiger partial charge on any atom is -0.444 e. The lowest BCUT2D eigenvalue weighted by Crippen LogP contribution is -2.27. The summed E-state index contributed by atoms with van der Waals surface area (Å²) in [5.41, 5.74) is 6.44. The number of nitrogens with two attached hydrogens (primary N) is 1. The molecule has 0 radical (unpaired) electrons. The molecule has 7 heteroatoms. The fourth-order valence-electron chi connectivity index (χ4n) is 1.86. The number of rotatable bonds is 4. The molecule has 0 aliphatic heterocycles. The van der Waals surface area contributed by atoms with E-state index >= 15 is 0 Å². The molecule has 0 saturated carbocycles. The van der Waals surface area contributed by atoms with Crippen LogP contribution in [0.15, 0.2) is 36.4 Å². The number of carbonyl (C=O) groups excluding carboxylic acids is 1. The third-order valence-corrected chi connectivity index (χ3v) is 2.93. The van der Waals surface area contributed by atoms with Gasteiger partial charge in [0.1, 0.15) is 17.2 Å². The minimum absolute atomic E-state index is 0.216. The summed E-state index contributed by atoms with van der Waals surface area (Å²) in [6, 6.07) is 9.47. The van der Waals surface area contributed by atoms with E-state index in [1.54, 1.807) is 45.0 Å². The minimum atomic E-state index is -0.627. The van der Waals surface area contributed by atoms with E-state index in [9.17, 15) is 9.18 Å². The summed E-state index contributed by atoms with van der Waals surface area (Å²) < 4.78 is 18.1. The third kappa shape index (κ3) is 5.42. The molecule has 0 bridgehead atoms. The molecule has 0 unspecified atom stereocenters. The quantitative estimate of drug-likeness (QED) is 0.793. The molecule has 128 valence electrons. The maximum Gasteiger partial charge on any atom is 0.413 e. The zero-order valence-corrected chi connectivity index (χ0v) is 13.9. The maximum absolute atomic E-state index is 12.9. The Morgan fingerprint density at radius 2 is 1.88 bits per heavy atom. The van der Waals surface area contributed by atoms with E-state index in [1.165, 1.54) is 12.1 Å². The van der Waals surface area contributed by atoms with Gasteiger partial charge in [0.05, 0.1) is 5.69 Å². The van der Waals surface area contributed by atoms with Crippen LogP contribution in [0.4, 0.5) is 26.5 Å². The van der Waals surface area contributed by atoms with Crippen molar-refractivity contribution in [2.24, 2.45) is 0 Å². The fraction of sp³-hybridized carbons (Fsp3) is 0.294. The molecular weight excluding hydrogens is 311 g/mol. The average molecular weight is 332 g/mol. The molecule has 1 amide bonds. The Morgan fingerprint density at radius 1 is 1.21 bits per heavy atom. The third-order valence-electron chi connectivity index (χ3n) is 2.93. The number of carbonyl (C=O) groups is 1. The summed E-state index contributed by atoms with van der Waals surface area (Å²) in [5, 5.41) is 5.61. The van der Waals surface area contributed by atoms with Crippen LogP contribution in [0.5, 0.6) is 0 Å². The lowest BCUT2D eigenvalue weighted by Gasteiger charge is -2.20. The number of halogens is 1. The summed E-state index contributed by atoms with van der Waals surface area (Å²) in [6.07, 6.45) is -0.627. The van der Waals surface area contributed by atoms with E-state index in [0.717, 1.165) is 5.56 Å². The maximum atomic E-state index is 12.9. The first-order chi connectivity index (χ1) is 11.2. The van der Waals surface area contributed by atoms with Crippen LogP contribution in [0.2, 0.25) is 0 Å². The summed E-state index contributed by atoms with van der Waals surface area (Å²) >= 11 is 0. The predicted molar refractivity (Wildman–Crippen MR) is 92.2 cm³/mol. The summed E-state index contributed by atoms with van der Waals surface area (Å²) in [6.45, 7) is 5.77. The van der Waals surface area contributed by atoms with Crippen LogP contribution in [-0.2, 0) is 11.3 Å². The van der Waals surface area contributed by atoms with E-state index in [-0.39, 0.29) is 11.6 Å². The molecule has 0 aliphatic carbocycles. The van der Waals surface area contributed by atoms with Crippen LogP contribution in [0.25, 0.3) is 0 Å². The fourth-order valence-corrected chi connectivity index (χ4v) is 1.86. The molecule has 2 aromatic rings. The highest BCUT2D eigenvalue weighted by atomic mass is 19.1. The SMILES string of the molecule is CC(C)(C)OC(=O)Nc1nc(NCc2ccc(F)cc2)ccc1N. The smallest absolute Gasteiger partial charge is 0.413 e. The summed E-state index contributed by atoms with van der Waals surface area (Å²) in [4.78, 5) is 16.1. The van der Waals surface area contributed by atoms with Crippen molar-refractivity contribution < 1.29 is 13.9 Å². The zero-order chi connectivity index (χ0) is 17.7.